The Labute approximate surface area is 98.4 Å². The van der Waals surface area contributed by atoms with E-state index in [1.807, 2.05) is 6.07 Å². The van der Waals surface area contributed by atoms with Gasteiger partial charge in [0.25, 0.3) is 0 Å². The summed E-state index contributed by atoms with van der Waals surface area (Å²) < 4.78 is 0. The third-order valence-corrected chi connectivity index (χ3v) is 3.50. The van der Waals surface area contributed by atoms with Crippen LogP contribution in [0.3, 0.4) is 0 Å². The molecule has 0 spiro atoms. The first-order valence-electron chi connectivity index (χ1n) is 6.29. The maximum Gasteiger partial charge on any atom is 0.0351 e. The van der Waals surface area contributed by atoms with E-state index in [-0.39, 0.29) is 0 Å². The van der Waals surface area contributed by atoms with E-state index in [9.17, 15) is 0 Å². The minimum atomic E-state index is 0.567. The summed E-state index contributed by atoms with van der Waals surface area (Å²) in [5.74, 6) is 0. The quantitative estimate of drug-likeness (QED) is 0.772. The second-order valence-corrected chi connectivity index (χ2v) is 5.01. The first-order chi connectivity index (χ1) is 7.68. The molecule has 2 rings (SSSR count). The highest BCUT2D eigenvalue weighted by Crippen LogP contribution is 2.32. The molecule has 1 fully saturated rings. The summed E-state index contributed by atoms with van der Waals surface area (Å²) in [4.78, 5) is 2.60. The van der Waals surface area contributed by atoms with Gasteiger partial charge in [0.15, 0.2) is 0 Å². The molecule has 1 heterocycles. The molecule has 1 aromatic rings. The molecule has 0 radical (unpaired) electrons. The van der Waals surface area contributed by atoms with Crippen molar-refractivity contribution in [3.8, 4) is 0 Å². The molecule has 0 saturated carbocycles. The van der Waals surface area contributed by atoms with E-state index >= 15 is 0 Å². The van der Waals surface area contributed by atoms with Crippen LogP contribution in [0.15, 0.2) is 24.3 Å². The molecular formula is C14H22N2. The molecule has 16 heavy (non-hydrogen) atoms. The summed E-state index contributed by atoms with van der Waals surface area (Å²) in [6, 6.07) is 9.56. The topological polar surface area (TPSA) is 29.3 Å². The van der Waals surface area contributed by atoms with E-state index in [2.05, 4.69) is 36.9 Å². The molecule has 0 aliphatic carbocycles. The molecule has 0 aromatic heterocycles. The van der Waals surface area contributed by atoms with Crippen molar-refractivity contribution in [1.29, 1.82) is 0 Å². The van der Waals surface area contributed by atoms with Gasteiger partial charge in [-0.1, -0.05) is 18.6 Å². The largest absolute Gasteiger partial charge is 0.399 e. The summed E-state index contributed by atoms with van der Waals surface area (Å²) in [5, 5.41) is 0. The number of benzene rings is 1. The number of nitrogens with zero attached hydrogens (tertiary/aromatic N) is 1. The fourth-order valence-corrected chi connectivity index (χ4v) is 2.70. The molecule has 1 saturated heterocycles. The Kier molecular flexibility index (Phi) is 3.49. The average molecular weight is 218 g/mol. The number of hydrogen-bond donors (Lipinski definition) is 1. The summed E-state index contributed by atoms with van der Waals surface area (Å²) >= 11 is 0. The van der Waals surface area contributed by atoms with Gasteiger partial charge in [0.1, 0.15) is 0 Å². The highest BCUT2D eigenvalue weighted by Gasteiger charge is 2.25. The van der Waals surface area contributed by atoms with Crippen molar-refractivity contribution in [2.24, 2.45) is 0 Å². The van der Waals surface area contributed by atoms with Gasteiger partial charge in [-0.05, 0) is 50.9 Å². The lowest BCUT2D eigenvalue weighted by Crippen LogP contribution is -2.38. The van der Waals surface area contributed by atoms with E-state index in [0.29, 0.717) is 12.1 Å². The molecular weight excluding hydrogens is 196 g/mol. The van der Waals surface area contributed by atoms with Crippen molar-refractivity contribution in [3.05, 3.63) is 29.8 Å². The number of nitrogen functional groups attached to an aromatic ring is 1. The standard InChI is InChI=1S/C14H22N2/c1-11(2)16-9-4-3-8-14(16)12-6-5-7-13(15)10-12/h5-7,10-11,14H,3-4,8-9,15H2,1-2H3. The SMILES string of the molecule is CC(C)N1CCCCC1c1cccc(N)c1. The number of piperidine rings is 1. The van der Waals surface area contributed by atoms with Crippen LogP contribution in [0.1, 0.15) is 44.7 Å². The third-order valence-electron chi connectivity index (χ3n) is 3.50. The van der Waals surface area contributed by atoms with Gasteiger partial charge < -0.3 is 5.73 Å². The normalized spacial score (nSPS) is 22.6. The first-order valence-corrected chi connectivity index (χ1v) is 6.29. The van der Waals surface area contributed by atoms with Crippen LogP contribution in [0.5, 0.6) is 0 Å². The van der Waals surface area contributed by atoms with Crippen molar-refractivity contribution in [2.45, 2.75) is 45.2 Å². The van der Waals surface area contributed by atoms with E-state index in [1.165, 1.54) is 31.4 Å². The molecule has 1 aliphatic heterocycles. The average Bonchev–Trinajstić information content (AvgIpc) is 2.29. The van der Waals surface area contributed by atoms with Crippen LogP contribution in [-0.4, -0.2) is 17.5 Å². The zero-order valence-corrected chi connectivity index (χ0v) is 10.3. The van der Waals surface area contributed by atoms with E-state index < -0.39 is 0 Å². The fraction of sp³-hybridized carbons (Fsp3) is 0.571. The Morgan fingerprint density at radius 2 is 2.12 bits per heavy atom. The van der Waals surface area contributed by atoms with Gasteiger partial charge >= 0.3 is 0 Å². The minimum absolute atomic E-state index is 0.567. The molecule has 0 bridgehead atoms. The summed E-state index contributed by atoms with van der Waals surface area (Å²) in [7, 11) is 0. The fourth-order valence-electron chi connectivity index (χ4n) is 2.70. The highest BCUT2D eigenvalue weighted by molar-refractivity contribution is 5.41. The van der Waals surface area contributed by atoms with Gasteiger partial charge in [0, 0.05) is 17.8 Å². The number of nitrogens with two attached hydrogens (primary N) is 1. The molecule has 2 N–H and O–H groups in total. The van der Waals surface area contributed by atoms with Crippen LogP contribution < -0.4 is 5.73 Å². The maximum absolute atomic E-state index is 5.87. The van der Waals surface area contributed by atoms with Crippen LogP contribution in [0.2, 0.25) is 0 Å². The van der Waals surface area contributed by atoms with Gasteiger partial charge in [-0.15, -0.1) is 0 Å². The Morgan fingerprint density at radius 3 is 2.81 bits per heavy atom. The Morgan fingerprint density at radius 1 is 1.31 bits per heavy atom. The zero-order valence-electron chi connectivity index (χ0n) is 10.3. The van der Waals surface area contributed by atoms with Gasteiger partial charge in [-0.3, -0.25) is 4.90 Å². The second kappa shape index (κ2) is 4.88. The Balaban J connectivity index is 2.23. The van der Waals surface area contributed by atoms with Crippen molar-refractivity contribution in [3.63, 3.8) is 0 Å². The maximum atomic E-state index is 5.87. The lowest BCUT2D eigenvalue weighted by atomic mass is 9.94. The smallest absolute Gasteiger partial charge is 0.0351 e. The molecule has 2 heteroatoms. The van der Waals surface area contributed by atoms with Crippen LogP contribution >= 0.6 is 0 Å². The molecule has 88 valence electrons. The van der Waals surface area contributed by atoms with Crippen molar-refractivity contribution >= 4 is 5.69 Å². The first kappa shape index (κ1) is 11.5. The summed E-state index contributed by atoms with van der Waals surface area (Å²) in [5.41, 5.74) is 8.13. The van der Waals surface area contributed by atoms with E-state index in [0.717, 1.165) is 5.69 Å². The molecule has 1 unspecified atom stereocenters. The molecule has 1 aromatic carbocycles. The molecule has 2 nitrogen and oxygen atoms in total. The molecule has 1 atom stereocenters. The summed E-state index contributed by atoms with van der Waals surface area (Å²) in [6.45, 7) is 5.78. The monoisotopic (exact) mass is 218 g/mol. The molecule has 0 amide bonds. The van der Waals surface area contributed by atoms with Crippen molar-refractivity contribution < 1.29 is 0 Å². The summed E-state index contributed by atoms with van der Waals surface area (Å²) in [6.07, 6.45) is 3.93. The second-order valence-electron chi connectivity index (χ2n) is 5.01. The van der Waals surface area contributed by atoms with E-state index in [4.69, 9.17) is 5.73 Å². The van der Waals surface area contributed by atoms with Gasteiger partial charge in [0.05, 0.1) is 0 Å². The highest BCUT2D eigenvalue weighted by atomic mass is 15.2. The Hall–Kier alpha value is -1.02. The van der Waals surface area contributed by atoms with Crippen molar-refractivity contribution in [1.82, 2.24) is 4.90 Å². The lowest BCUT2D eigenvalue weighted by Gasteiger charge is -2.39. The Bertz CT molecular complexity index is 346. The van der Waals surface area contributed by atoms with Crippen LogP contribution in [0.4, 0.5) is 5.69 Å². The number of anilines is 1. The van der Waals surface area contributed by atoms with Crippen LogP contribution in [-0.2, 0) is 0 Å². The zero-order chi connectivity index (χ0) is 11.5. The predicted octanol–water partition coefficient (Wildman–Crippen LogP) is 3.20. The number of likely N-dealkylation sites (tertiary alicyclic amines) is 1. The lowest BCUT2D eigenvalue weighted by molar-refractivity contribution is 0.112. The minimum Gasteiger partial charge on any atom is -0.399 e. The van der Waals surface area contributed by atoms with Crippen LogP contribution in [0.25, 0.3) is 0 Å². The third kappa shape index (κ3) is 2.38. The van der Waals surface area contributed by atoms with Crippen LogP contribution in [0, 0.1) is 0 Å². The van der Waals surface area contributed by atoms with Gasteiger partial charge in [-0.25, -0.2) is 0 Å². The number of rotatable bonds is 2. The van der Waals surface area contributed by atoms with Gasteiger partial charge in [0.2, 0.25) is 0 Å². The number of hydrogen-bond acceptors (Lipinski definition) is 2. The predicted molar refractivity (Wildman–Crippen MR) is 69.3 cm³/mol. The van der Waals surface area contributed by atoms with Crippen molar-refractivity contribution in [2.75, 3.05) is 12.3 Å². The van der Waals surface area contributed by atoms with Gasteiger partial charge in [-0.2, -0.15) is 0 Å². The van der Waals surface area contributed by atoms with E-state index in [1.54, 1.807) is 0 Å². The molecule has 1 aliphatic rings.